The molecule has 0 unspecified atom stereocenters. The van der Waals surface area contributed by atoms with Gasteiger partial charge in [0.05, 0.1) is 5.57 Å². The summed E-state index contributed by atoms with van der Waals surface area (Å²) in [5, 5.41) is 0. The van der Waals surface area contributed by atoms with Crippen LogP contribution in [0.2, 0.25) is 0 Å². The van der Waals surface area contributed by atoms with E-state index in [1.54, 1.807) is 18.2 Å². The first-order valence-corrected chi connectivity index (χ1v) is 5.39. The number of cyclic esters (lactones) is 1. The molecular weight excluding hydrogens is 219 g/mol. The number of rotatable bonds is 3. The summed E-state index contributed by atoms with van der Waals surface area (Å²) < 4.78 is 18.2. The average Bonchev–Trinajstić information content (AvgIpc) is 2.58. The van der Waals surface area contributed by atoms with Crippen LogP contribution in [0.25, 0.3) is 5.57 Å². The average molecular weight is 232 g/mol. The molecule has 88 valence electrons. The zero-order chi connectivity index (χ0) is 12.4. The van der Waals surface area contributed by atoms with Crippen LogP contribution in [0.1, 0.15) is 18.9 Å². The minimum absolute atomic E-state index is 0.279. The van der Waals surface area contributed by atoms with E-state index in [1.165, 1.54) is 12.1 Å². The van der Waals surface area contributed by atoms with Gasteiger partial charge < -0.3 is 4.74 Å². The summed E-state index contributed by atoms with van der Waals surface area (Å²) in [5.74, 6) is -0.763. The standard InChI is InChI=1S/C14H13FO2/c1-9(2)6-12-8-13(14(16)17-12)10-4-3-5-11(15)7-10/h3-5,7-8,12H,1,6H2,2H3/t12-/m1/s1. The van der Waals surface area contributed by atoms with Crippen LogP contribution < -0.4 is 0 Å². The number of carbonyl (C=O) groups is 1. The van der Waals surface area contributed by atoms with Gasteiger partial charge in [-0.05, 0) is 30.7 Å². The van der Waals surface area contributed by atoms with Crippen LogP contribution in [0.5, 0.6) is 0 Å². The molecule has 0 saturated carbocycles. The minimum atomic E-state index is -0.401. The van der Waals surface area contributed by atoms with Gasteiger partial charge in [-0.2, -0.15) is 0 Å². The lowest BCUT2D eigenvalue weighted by Gasteiger charge is -2.06. The monoisotopic (exact) mass is 232 g/mol. The van der Waals surface area contributed by atoms with E-state index in [4.69, 9.17) is 4.74 Å². The largest absolute Gasteiger partial charge is 0.454 e. The summed E-state index contributed by atoms with van der Waals surface area (Å²) >= 11 is 0. The molecule has 1 heterocycles. The van der Waals surface area contributed by atoms with Crippen LogP contribution in [0.4, 0.5) is 4.39 Å². The number of benzene rings is 1. The molecule has 0 aromatic heterocycles. The first kappa shape index (κ1) is 11.6. The van der Waals surface area contributed by atoms with Crippen molar-refractivity contribution in [3.63, 3.8) is 0 Å². The summed E-state index contributed by atoms with van der Waals surface area (Å²) in [7, 11) is 0. The predicted molar refractivity (Wildman–Crippen MR) is 63.7 cm³/mol. The highest BCUT2D eigenvalue weighted by atomic mass is 19.1. The maximum absolute atomic E-state index is 13.1. The SMILES string of the molecule is C=C(C)C[C@@H]1C=C(c2cccc(F)c2)C(=O)O1. The molecule has 1 aliphatic heterocycles. The van der Waals surface area contributed by atoms with E-state index in [0.717, 1.165) is 5.57 Å². The predicted octanol–water partition coefficient (Wildman–Crippen LogP) is 3.10. The normalized spacial score (nSPS) is 18.8. The second-order valence-corrected chi connectivity index (χ2v) is 4.20. The third kappa shape index (κ3) is 2.61. The van der Waals surface area contributed by atoms with Crippen molar-refractivity contribution in [3.8, 4) is 0 Å². The van der Waals surface area contributed by atoms with Crippen molar-refractivity contribution < 1.29 is 13.9 Å². The lowest BCUT2D eigenvalue weighted by atomic mass is 10.0. The highest BCUT2D eigenvalue weighted by Crippen LogP contribution is 2.26. The molecule has 0 amide bonds. The second kappa shape index (κ2) is 4.53. The molecule has 1 aromatic carbocycles. The van der Waals surface area contributed by atoms with E-state index < -0.39 is 5.97 Å². The molecule has 0 fully saturated rings. The molecule has 1 aromatic rings. The summed E-state index contributed by atoms with van der Waals surface area (Å²) in [6.45, 7) is 5.65. The van der Waals surface area contributed by atoms with Gasteiger partial charge in [-0.25, -0.2) is 9.18 Å². The van der Waals surface area contributed by atoms with Crippen molar-refractivity contribution in [1.29, 1.82) is 0 Å². The topological polar surface area (TPSA) is 26.3 Å². The number of halogens is 1. The van der Waals surface area contributed by atoms with Gasteiger partial charge in [0.15, 0.2) is 0 Å². The molecule has 1 aliphatic rings. The molecule has 0 aliphatic carbocycles. The zero-order valence-corrected chi connectivity index (χ0v) is 9.57. The number of ether oxygens (including phenoxy) is 1. The van der Waals surface area contributed by atoms with Crippen molar-refractivity contribution in [3.05, 3.63) is 53.9 Å². The molecule has 0 radical (unpaired) electrons. The van der Waals surface area contributed by atoms with Gasteiger partial charge in [0.2, 0.25) is 0 Å². The molecule has 2 rings (SSSR count). The minimum Gasteiger partial charge on any atom is -0.454 e. The number of esters is 1. The maximum atomic E-state index is 13.1. The van der Waals surface area contributed by atoms with Crippen LogP contribution in [0.3, 0.4) is 0 Å². The van der Waals surface area contributed by atoms with E-state index in [0.29, 0.717) is 17.6 Å². The van der Waals surface area contributed by atoms with Gasteiger partial charge in [-0.3, -0.25) is 0 Å². The summed E-state index contributed by atoms with van der Waals surface area (Å²) in [5.41, 5.74) is 1.93. The van der Waals surface area contributed by atoms with Gasteiger partial charge >= 0.3 is 5.97 Å². The Labute approximate surface area is 99.4 Å². The van der Waals surface area contributed by atoms with Crippen LogP contribution in [0, 0.1) is 5.82 Å². The summed E-state index contributed by atoms with van der Waals surface area (Å²) in [6, 6.07) is 5.94. The Balaban J connectivity index is 2.26. The summed E-state index contributed by atoms with van der Waals surface area (Å²) in [4.78, 5) is 11.6. The Kier molecular flexibility index (Phi) is 3.09. The van der Waals surface area contributed by atoms with Gasteiger partial charge in [0, 0.05) is 6.42 Å². The third-order valence-electron chi connectivity index (χ3n) is 2.52. The van der Waals surface area contributed by atoms with Crippen molar-refractivity contribution in [2.45, 2.75) is 19.4 Å². The van der Waals surface area contributed by atoms with Crippen molar-refractivity contribution >= 4 is 11.5 Å². The van der Waals surface area contributed by atoms with E-state index in [2.05, 4.69) is 6.58 Å². The van der Waals surface area contributed by atoms with Crippen LogP contribution in [-0.2, 0) is 9.53 Å². The molecule has 17 heavy (non-hydrogen) atoms. The third-order valence-corrected chi connectivity index (χ3v) is 2.52. The fourth-order valence-electron chi connectivity index (χ4n) is 1.80. The Morgan fingerprint density at radius 1 is 1.53 bits per heavy atom. The van der Waals surface area contributed by atoms with Gasteiger partial charge in [-0.1, -0.05) is 24.3 Å². The Hall–Kier alpha value is -1.90. The quantitative estimate of drug-likeness (QED) is 0.591. The first-order valence-electron chi connectivity index (χ1n) is 5.39. The number of hydrogen-bond donors (Lipinski definition) is 0. The van der Waals surface area contributed by atoms with Crippen LogP contribution >= 0.6 is 0 Å². The highest BCUT2D eigenvalue weighted by molar-refractivity contribution is 6.18. The van der Waals surface area contributed by atoms with E-state index >= 15 is 0 Å². The van der Waals surface area contributed by atoms with Gasteiger partial charge in [-0.15, -0.1) is 0 Å². The molecular formula is C14H13FO2. The second-order valence-electron chi connectivity index (χ2n) is 4.20. The van der Waals surface area contributed by atoms with Crippen molar-refractivity contribution in [2.75, 3.05) is 0 Å². The summed E-state index contributed by atoms with van der Waals surface area (Å²) in [6.07, 6.45) is 2.05. The molecule has 1 atom stereocenters. The Bertz CT molecular complexity index is 503. The van der Waals surface area contributed by atoms with E-state index in [9.17, 15) is 9.18 Å². The van der Waals surface area contributed by atoms with E-state index in [-0.39, 0.29) is 11.9 Å². The van der Waals surface area contributed by atoms with E-state index in [1.807, 2.05) is 6.92 Å². The highest BCUT2D eigenvalue weighted by Gasteiger charge is 2.26. The fourth-order valence-corrected chi connectivity index (χ4v) is 1.80. The number of hydrogen-bond acceptors (Lipinski definition) is 2. The van der Waals surface area contributed by atoms with Gasteiger partial charge in [0.1, 0.15) is 11.9 Å². The van der Waals surface area contributed by atoms with Gasteiger partial charge in [0.25, 0.3) is 0 Å². The molecule has 0 saturated heterocycles. The lowest BCUT2D eigenvalue weighted by molar-refractivity contribution is -0.137. The number of carbonyl (C=O) groups excluding carboxylic acids is 1. The molecule has 2 nitrogen and oxygen atoms in total. The lowest BCUT2D eigenvalue weighted by Crippen LogP contribution is -2.08. The van der Waals surface area contributed by atoms with Crippen LogP contribution in [0.15, 0.2) is 42.5 Å². The fraction of sp³-hybridized carbons (Fsp3) is 0.214. The van der Waals surface area contributed by atoms with Crippen molar-refractivity contribution in [2.24, 2.45) is 0 Å². The maximum Gasteiger partial charge on any atom is 0.339 e. The molecule has 0 bridgehead atoms. The Morgan fingerprint density at radius 2 is 2.29 bits per heavy atom. The Morgan fingerprint density at radius 3 is 2.94 bits per heavy atom. The van der Waals surface area contributed by atoms with Crippen LogP contribution in [-0.4, -0.2) is 12.1 Å². The molecule has 3 heteroatoms. The molecule has 0 spiro atoms. The molecule has 0 N–H and O–H groups in total. The zero-order valence-electron chi connectivity index (χ0n) is 9.57. The van der Waals surface area contributed by atoms with Crippen molar-refractivity contribution in [1.82, 2.24) is 0 Å². The smallest absolute Gasteiger partial charge is 0.339 e. The first-order chi connectivity index (χ1) is 8.06.